The van der Waals surface area contributed by atoms with Gasteiger partial charge in [0.2, 0.25) is 0 Å². The molecule has 2 nitrogen and oxygen atoms in total. The summed E-state index contributed by atoms with van der Waals surface area (Å²) in [4.78, 5) is 0. The van der Waals surface area contributed by atoms with Gasteiger partial charge in [-0.05, 0) is 37.1 Å². The molecule has 1 aromatic rings. The first kappa shape index (κ1) is 11.7. The lowest BCUT2D eigenvalue weighted by Crippen LogP contribution is -2.46. The van der Waals surface area contributed by atoms with E-state index in [1.165, 1.54) is 32.1 Å². The second-order valence-corrected chi connectivity index (χ2v) is 5.11. The van der Waals surface area contributed by atoms with Crippen molar-refractivity contribution in [2.75, 3.05) is 11.9 Å². The van der Waals surface area contributed by atoms with Crippen molar-refractivity contribution in [1.29, 1.82) is 0 Å². The van der Waals surface area contributed by atoms with Crippen LogP contribution >= 0.6 is 11.6 Å². The average Bonchev–Trinajstić information content (AvgIpc) is 2.33. The first-order valence-electron chi connectivity index (χ1n) is 5.98. The van der Waals surface area contributed by atoms with Crippen molar-refractivity contribution >= 4 is 17.3 Å². The van der Waals surface area contributed by atoms with Crippen molar-refractivity contribution in [1.82, 2.24) is 0 Å². The zero-order valence-electron chi connectivity index (χ0n) is 9.51. The van der Waals surface area contributed by atoms with Crippen LogP contribution in [0.1, 0.15) is 32.1 Å². The van der Waals surface area contributed by atoms with Gasteiger partial charge in [-0.1, -0.05) is 30.9 Å². The van der Waals surface area contributed by atoms with E-state index in [0.717, 1.165) is 10.7 Å². The zero-order chi connectivity index (χ0) is 11.4. The van der Waals surface area contributed by atoms with Crippen LogP contribution in [-0.4, -0.2) is 12.1 Å². The van der Waals surface area contributed by atoms with Crippen LogP contribution in [0.2, 0.25) is 5.02 Å². The van der Waals surface area contributed by atoms with E-state index in [1.807, 2.05) is 24.3 Å². The maximum atomic E-state index is 5.93. The molecule has 1 aliphatic rings. The summed E-state index contributed by atoms with van der Waals surface area (Å²) in [5, 5.41) is 4.36. The highest BCUT2D eigenvalue weighted by Gasteiger charge is 2.30. The van der Waals surface area contributed by atoms with Gasteiger partial charge in [-0.25, -0.2) is 0 Å². The maximum absolute atomic E-state index is 5.93. The Kier molecular flexibility index (Phi) is 3.72. The van der Waals surface area contributed by atoms with Crippen LogP contribution < -0.4 is 11.1 Å². The monoisotopic (exact) mass is 238 g/mol. The van der Waals surface area contributed by atoms with Crippen LogP contribution in [0, 0.1) is 0 Å². The second-order valence-electron chi connectivity index (χ2n) is 4.68. The number of nitrogens with two attached hydrogens (primary N) is 1. The molecule has 1 saturated carbocycles. The molecule has 0 bridgehead atoms. The lowest BCUT2D eigenvalue weighted by Gasteiger charge is -2.38. The smallest absolute Gasteiger partial charge is 0.0495 e. The molecule has 3 heteroatoms. The molecule has 88 valence electrons. The van der Waals surface area contributed by atoms with E-state index >= 15 is 0 Å². The molecule has 0 amide bonds. The van der Waals surface area contributed by atoms with Crippen molar-refractivity contribution in [3.05, 3.63) is 29.3 Å². The fourth-order valence-electron chi connectivity index (χ4n) is 2.45. The van der Waals surface area contributed by atoms with Gasteiger partial charge in [0.25, 0.3) is 0 Å². The summed E-state index contributed by atoms with van der Waals surface area (Å²) in [5.41, 5.74) is 7.15. The number of halogens is 1. The third-order valence-electron chi connectivity index (χ3n) is 3.46. The number of hydrogen-bond acceptors (Lipinski definition) is 2. The molecule has 1 aliphatic carbocycles. The third-order valence-corrected chi connectivity index (χ3v) is 3.71. The minimum atomic E-state index is 0.103. The Morgan fingerprint density at radius 1 is 1.12 bits per heavy atom. The summed E-state index contributed by atoms with van der Waals surface area (Å²) in [6.45, 7) is 0.704. The highest BCUT2D eigenvalue weighted by atomic mass is 35.5. The first-order valence-corrected chi connectivity index (χ1v) is 6.36. The van der Waals surface area contributed by atoms with Crippen molar-refractivity contribution in [3.63, 3.8) is 0 Å². The largest absolute Gasteiger partial charge is 0.378 e. The van der Waals surface area contributed by atoms with E-state index in [0.29, 0.717) is 6.54 Å². The maximum Gasteiger partial charge on any atom is 0.0495 e. The molecule has 1 fully saturated rings. The normalized spacial score (nSPS) is 19.4. The Morgan fingerprint density at radius 3 is 2.31 bits per heavy atom. The molecule has 0 atom stereocenters. The van der Waals surface area contributed by atoms with Crippen molar-refractivity contribution in [2.24, 2.45) is 5.73 Å². The molecule has 1 aromatic carbocycles. The average molecular weight is 239 g/mol. The van der Waals surface area contributed by atoms with E-state index in [1.54, 1.807) is 0 Å². The summed E-state index contributed by atoms with van der Waals surface area (Å²) in [5.74, 6) is 0. The van der Waals surface area contributed by atoms with Crippen LogP contribution in [0.5, 0.6) is 0 Å². The number of rotatable bonds is 3. The van der Waals surface area contributed by atoms with E-state index in [4.69, 9.17) is 17.3 Å². The van der Waals surface area contributed by atoms with E-state index < -0.39 is 0 Å². The number of nitrogens with one attached hydrogen (secondary N) is 1. The summed E-state index contributed by atoms with van der Waals surface area (Å²) in [6.07, 6.45) is 6.23. The van der Waals surface area contributed by atoms with Crippen LogP contribution in [0.15, 0.2) is 24.3 Å². The molecule has 3 N–H and O–H groups in total. The van der Waals surface area contributed by atoms with Gasteiger partial charge in [-0.2, -0.15) is 0 Å². The lowest BCUT2D eigenvalue weighted by atomic mass is 9.81. The van der Waals surface area contributed by atoms with Gasteiger partial charge in [0.05, 0.1) is 0 Å². The Bertz CT molecular complexity index is 328. The second kappa shape index (κ2) is 5.07. The molecule has 16 heavy (non-hydrogen) atoms. The summed E-state index contributed by atoms with van der Waals surface area (Å²) in [6, 6.07) is 7.87. The molecule has 2 rings (SSSR count). The molecule has 0 saturated heterocycles. The van der Waals surface area contributed by atoms with Gasteiger partial charge in [-0.15, -0.1) is 0 Å². The topological polar surface area (TPSA) is 38.0 Å². The van der Waals surface area contributed by atoms with E-state index in [2.05, 4.69) is 5.32 Å². The molecule has 0 spiro atoms. The van der Waals surface area contributed by atoms with Crippen LogP contribution in [0.4, 0.5) is 5.69 Å². The number of anilines is 1. The minimum Gasteiger partial charge on any atom is -0.378 e. The van der Waals surface area contributed by atoms with Crippen molar-refractivity contribution in [2.45, 2.75) is 37.6 Å². The standard InChI is InChI=1S/C13H19ClN2/c14-11-4-6-12(7-5-11)16-13(10-15)8-2-1-3-9-13/h4-7,16H,1-3,8-10,15H2. The minimum absolute atomic E-state index is 0.103. The Labute approximate surface area is 102 Å². The molecular weight excluding hydrogens is 220 g/mol. The summed E-state index contributed by atoms with van der Waals surface area (Å²) in [7, 11) is 0. The Morgan fingerprint density at radius 2 is 1.75 bits per heavy atom. The van der Waals surface area contributed by atoms with Gasteiger partial charge in [0.15, 0.2) is 0 Å². The number of hydrogen-bond donors (Lipinski definition) is 2. The quantitative estimate of drug-likeness (QED) is 0.847. The predicted octanol–water partition coefficient (Wildman–Crippen LogP) is 3.41. The lowest BCUT2D eigenvalue weighted by molar-refractivity contribution is 0.331. The van der Waals surface area contributed by atoms with Crippen LogP contribution in [-0.2, 0) is 0 Å². The third kappa shape index (κ3) is 2.69. The SMILES string of the molecule is NCC1(Nc2ccc(Cl)cc2)CCCCC1. The van der Waals surface area contributed by atoms with Crippen molar-refractivity contribution < 1.29 is 0 Å². The highest BCUT2D eigenvalue weighted by Crippen LogP contribution is 2.31. The van der Waals surface area contributed by atoms with Gasteiger partial charge in [-0.3, -0.25) is 0 Å². The van der Waals surface area contributed by atoms with Crippen LogP contribution in [0.3, 0.4) is 0 Å². The molecule has 0 radical (unpaired) electrons. The Balaban J connectivity index is 2.08. The van der Waals surface area contributed by atoms with Crippen LogP contribution in [0.25, 0.3) is 0 Å². The fourth-order valence-corrected chi connectivity index (χ4v) is 2.57. The van der Waals surface area contributed by atoms with Gasteiger partial charge in [0.1, 0.15) is 0 Å². The first-order chi connectivity index (χ1) is 7.74. The molecule has 0 unspecified atom stereocenters. The summed E-state index contributed by atoms with van der Waals surface area (Å²) < 4.78 is 0. The van der Waals surface area contributed by atoms with Gasteiger partial charge < -0.3 is 11.1 Å². The van der Waals surface area contributed by atoms with Crippen molar-refractivity contribution in [3.8, 4) is 0 Å². The van der Waals surface area contributed by atoms with Gasteiger partial charge >= 0.3 is 0 Å². The molecule has 0 aliphatic heterocycles. The van der Waals surface area contributed by atoms with Gasteiger partial charge in [0, 0.05) is 22.8 Å². The summed E-state index contributed by atoms with van der Waals surface area (Å²) >= 11 is 5.87. The molecule has 0 heterocycles. The zero-order valence-corrected chi connectivity index (χ0v) is 10.3. The number of benzene rings is 1. The fraction of sp³-hybridized carbons (Fsp3) is 0.538. The molecular formula is C13H19ClN2. The highest BCUT2D eigenvalue weighted by molar-refractivity contribution is 6.30. The predicted molar refractivity (Wildman–Crippen MR) is 69.9 cm³/mol. The molecule has 0 aromatic heterocycles. The Hall–Kier alpha value is -0.730. The van der Waals surface area contributed by atoms with E-state index in [9.17, 15) is 0 Å². The van der Waals surface area contributed by atoms with E-state index in [-0.39, 0.29) is 5.54 Å².